The Labute approximate surface area is 148 Å². The second kappa shape index (κ2) is 7.19. The van der Waals surface area contributed by atoms with E-state index in [9.17, 15) is 4.79 Å². The smallest absolute Gasteiger partial charge is 0.253 e. The Morgan fingerprint density at radius 1 is 1.16 bits per heavy atom. The number of hydrogen-bond donors (Lipinski definition) is 2. The topological polar surface area (TPSA) is 76.1 Å². The van der Waals surface area contributed by atoms with Gasteiger partial charge in [0.1, 0.15) is 17.7 Å². The maximum atomic E-state index is 12.1. The summed E-state index contributed by atoms with van der Waals surface area (Å²) in [6.07, 6.45) is 3.16. The number of amides is 1. The predicted molar refractivity (Wildman–Crippen MR) is 98.1 cm³/mol. The summed E-state index contributed by atoms with van der Waals surface area (Å²) in [5.41, 5.74) is 1.55. The lowest BCUT2D eigenvalue weighted by Crippen LogP contribution is -2.26. The van der Waals surface area contributed by atoms with Gasteiger partial charge in [0.25, 0.3) is 5.91 Å². The van der Waals surface area contributed by atoms with Gasteiger partial charge in [-0.3, -0.25) is 4.79 Å². The van der Waals surface area contributed by atoms with E-state index in [1.807, 2.05) is 30.3 Å². The van der Waals surface area contributed by atoms with Crippen molar-refractivity contribution in [3.63, 3.8) is 0 Å². The van der Waals surface area contributed by atoms with Crippen LogP contribution in [0.3, 0.4) is 0 Å². The first-order valence-electron chi connectivity index (χ1n) is 8.55. The van der Waals surface area contributed by atoms with Crippen molar-refractivity contribution in [2.45, 2.75) is 45.1 Å². The molecule has 2 aromatic rings. The van der Waals surface area contributed by atoms with Crippen molar-refractivity contribution in [1.29, 1.82) is 0 Å². The second-order valence-electron chi connectivity index (χ2n) is 7.21. The highest BCUT2D eigenvalue weighted by atomic mass is 16.5. The molecule has 1 aliphatic rings. The minimum absolute atomic E-state index is 0.0798. The quantitative estimate of drug-likeness (QED) is 0.889. The molecule has 1 aliphatic heterocycles. The fourth-order valence-electron chi connectivity index (χ4n) is 2.58. The van der Waals surface area contributed by atoms with E-state index in [1.165, 1.54) is 0 Å². The van der Waals surface area contributed by atoms with Gasteiger partial charge in [0.15, 0.2) is 0 Å². The first-order valence-corrected chi connectivity index (χ1v) is 8.55. The average Bonchev–Trinajstić information content (AvgIpc) is 3.11. The number of anilines is 3. The Morgan fingerprint density at radius 3 is 2.52 bits per heavy atom. The van der Waals surface area contributed by atoms with E-state index >= 15 is 0 Å². The highest BCUT2D eigenvalue weighted by molar-refractivity contribution is 5.94. The summed E-state index contributed by atoms with van der Waals surface area (Å²) in [6.45, 7) is 6.91. The van der Waals surface area contributed by atoms with E-state index in [0.717, 1.165) is 35.9 Å². The van der Waals surface area contributed by atoms with Crippen LogP contribution in [0.15, 0.2) is 36.5 Å². The molecule has 0 spiro atoms. The molecule has 0 aliphatic carbocycles. The zero-order chi connectivity index (χ0) is 17.9. The molecule has 1 amide bonds. The average molecular weight is 340 g/mol. The van der Waals surface area contributed by atoms with Gasteiger partial charge in [0.2, 0.25) is 0 Å². The van der Waals surface area contributed by atoms with Crippen LogP contribution in [0.2, 0.25) is 0 Å². The maximum absolute atomic E-state index is 12.1. The third-order valence-corrected chi connectivity index (χ3v) is 3.97. The predicted octanol–water partition coefficient (Wildman–Crippen LogP) is 3.64. The van der Waals surface area contributed by atoms with E-state index in [1.54, 1.807) is 6.20 Å². The van der Waals surface area contributed by atoms with Crippen LogP contribution in [0, 0.1) is 0 Å². The van der Waals surface area contributed by atoms with Crippen LogP contribution in [-0.2, 0) is 14.9 Å². The third-order valence-electron chi connectivity index (χ3n) is 3.97. The number of carbonyl (C=O) groups is 1. The molecule has 6 nitrogen and oxygen atoms in total. The number of ether oxygens (including phenoxy) is 1. The molecule has 2 N–H and O–H groups in total. The zero-order valence-electron chi connectivity index (χ0n) is 14.9. The van der Waals surface area contributed by atoms with Gasteiger partial charge in [-0.1, -0.05) is 20.8 Å². The van der Waals surface area contributed by atoms with Crippen LogP contribution in [0.1, 0.15) is 39.4 Å². The van der Waals surface area contributed by atoms with Crippen molar-refractivity contribution in [1.82, 2.24) is 9.97 Å². The number of nitrogens with zero attached hydrogens (tertiary/aromatic N) is 2. The molecule has 0 radical (unpaired) electrons. The molecule has 1 saturated heterocycles. The largest absolute Gasteiger partial charge is 0.368 e. The number of carbonyl (C=O) groups excluding carboxylic acids is 1. The summed E-state index contributed by atoms with van der Waals surface area (Å²) in [7, 11) is 0. The highest BCUT2D eigenvalue weighted by Crippen LogP contribution is 2.22. The first kappa shape index (κ1) is 17.4. The van der Waals surface area contributed by atoms with Gasteiger partial charge in [0.05, 0.1) is 0 Å². The summed E-state index contributed by atoms with van der Waals surface area (Å²) in [5, 5.41) is 6.15. The lowest BCUT2D eigenvalue weighted by Gasteiger charge is -2.17. The van der Waals surface area contributed by atoms with Crippen molar-refractivity contribution in [2.24, 2.45) is 0 Å². The van der Waals surface area contributed by atoms with Crippen LogP contribution >= 0.6 is 0 Å². The Kier molecular flexibility index (Phi) is 4.99. The van der Waals surface area contributed by atoms with Gasteiger partial charge in [-0.05, 0) is 43.2 Å². The van der Waals surface area contributed by atoms with Crippen LogP contribution in [0.5, 0.6) is 0 Å². The molecule has 2 heterocycles. The minimum Gasteiger partial charge on any atom is -0.368 e. The molecule has 1 unspecified atom stereocenters. The molecular formula is C19H24N4O2. The fourth-order valence-corrected chi connectivity index (χ4v) is 2.58. The first-order chi connectivity index (χ1) is 11.9. The molecular weight excluding hydrogens is 316 g/mol. The van der Waals surface area contributed by atoms with Crippen molar-refractivity contribution in [3.8, 4) is 0 Å². The van der Waals surface area contributed by atoms with Crippen LogP contribution in [-0.4, -0.2) is 28.6 Å². The summed E-state index contributed by atoms with van der Waals surface area (Å²) in [6, 6.07) is 9.37. The summed E-state index contributed by atoms with van der Waals surface area (Å²) >= 11 is 0. The number of hydrogen-bond acceptors (Lipinski definition) is 5. The standard InChI is InChI=1S/C19H24N4O2/c1-19(2,3)18-20-11-10-16(23-18)21-13-6-8-14(9-7-13)22-17(24)15-5-4-12-25-15/h6-11,15H,4-5,12H2,1-3H3,(H,22,24)(H,20,21,23). The SMILES string of the molecule is CC(C)(C)c1nccc(Nc2ccc(NC(=O)C3CCCO3)cc2)n1. The molecule has 1 fully saturated rings. The third kappa shape index (κ3) is 4.54. The number of rotatable bonds is 4. The van der Waals surface area contributed by atoms with Gasteiger partial charge in [-0.25, -0.2) is 9.97 Å². The highest BCUT2D eigenvalue weighted by Gasteiger charge is 2.23. The zero-order valence-corrected chi connectivity index (χ0v) is 14.9. The second-order valence-corrected chi connectivity index (χ2v) is 7.21. The Balaban J connectivity index is 1.63. The van der Waals surface area contributed by atoms with E-state index in [0.29, 0.717) is 6.61 Å². The van der Waals surface area contributed by atoms with Gasteiger partial charge in [-0.2, -0.15) is 0 Å². The molecule has 1 atom stereocenters. The number of aromatic nitrogens is 2. The lowest BCUT2D eigenvalue weighted by molar-refractivity contribution is -0.124. The summed E-state index contributed by atoms with van der Waals surface area (Å²) < 4.78 is 5.39. The fraction of sp³-hybridized carbons (Fsp3) is 0.421. The van der Waals surface area contributed by atoms with Crippen LogP contribution < -0.4 is 10.6 Å². The lowest BCUT2D eigenvalue weighted by atomic mass is 9.96. The Morgan fingerprint density at radius 2 is 1.88 bits per heavy atom. The number of nitrogens with one attached hydrogen (secondary N) is 2. The van der Waals surface area contributed by atoms with Gasteiger partial charge < -0.3 is 15.4 Å². The molecule has 0 bridgehead atoms. The van der Waals surface area contributed by atoms with E-state index in [-0.39, 0.29) is 17.4 Å². The Bertz CT molecular complexity index is 732. The molecule has 3 rings (SSSR count). The Hall–Kier alpha value is -2.47. The summed E-state index contributed by atoms with van der Waals surface area (Å²) in [4.78, 5) is 20.9. The molecule has 6 heteroatoms. The van der Waals surface area contributed by atoms with E-state index in [2.05, 4.69) is 41.4 Å². The van der Waals surface area contributed by atoms with Crippen LogP contribution in [0.4, 0.5) is 17.2 Å². The van der Waals surface area contributed by atoms with E-state index in [4.69, 9.17) is 4.74 Å². The van der Waals surface area contributed by atoms with E-state index < -0.39 is 0 Å². The van der Waals surface area contributed by atoms with Crippen molar-refractivity contribution in [2.75, 3.05) is 17.2 Å². The maximum Gasteiger partial charge on any atom is 0.253 e. The normalized spacial score (nSPS) is 17.3. The molecule has 1 aromatic heterocycles. The molecule has 25 heavy (non-hydrogen) atoms. The summed E-state index contributed by atoms with van der Waals surface area (Å²) in [5.74, 6) is 1.46. The van der Waals surface area contributed by atoms with Gasteiger partial charge in [-0.15, -0.1) is 0 Å². The number of benzene rings is 1. The van der Waals surface area contributed by atoms with Crippen molar-refractivity contribution >= 4 is 23.1 Å². The van der Waals surface area contributed by atoms with Crippen molar-refractivity contribution in [3.05, 3.63) is 42.4 Å². The molecule has 0 saturated carbocycles. The minimum atomic E-state index is -0.324. The van der Waals surface area contributed by atoms with Crippen molar-refractivity contribution < 1.29 is 9.53 Å². The van der Waals surface area contributed by atoms with Crippen LogP contribution in [0.25, 0.3) is 0 Å². The molecule has 132 valence electrons. The van der Waals surface area contributed by atoms with Gasteiger partial charge in [0, 0.05) is 29.6 Å². The molecule has 1 aromatic carbocycles. The van der Waals surface area contributed by atoms with Gasteiger partial charge >= 0.3 is 0 Å². The monoisotopic (exact) mass is 340 g/mol.